The molecule has 2 unspecified atom stereocenters. The van der Waals surface area contributed by atoms with Crippen molar-refractivity contribution in [2.24, 2.45) is 5.73 Å². The number of halogens is 1. The van der Waals surface area contributed by atoms with Crippen LogP contribution in [-0.4, -0.2) is 30.1 Å². The zero-order valence-corrected chi connectivity index (χ0v) is 12.6. The van der Waals surface area contributed by atoms with Crippen LogP contribution in [0.25, 0.3) is 0 Å². The largest absolute Gasteiger partial charge is 0.369 e. The molecule has 2 rings (SSSR count). The maximum Gasteiger partial charge on any atom is 0.0426 e. The minimum Gasteiger partial charge on any atom is -0.369 e. The van der Waals surface area contributed by atoms with Crippen LogP contribution in [0.4, 0.5) is 5.69 Å². The molecule has 1 saturated heterocycles. The number of nitrogens with zero attached hydrogens (tertiary/aromatic N) is 1. The molecule has 0 radical (unpaired) electrons. The number of hydrogen-bond acceptors (Lipinski definition) is 3. The summed E-state index contributed by atoms with van der Waals surface area (Å²) >= 11 is 8.21. The Morgan fingerprint density at radius 1 is 1.33 bits per heavy atom. The maximum absolute atomic E-state index is 6.15. The Bertz CT molecular complexity index is 401. The molecule has 0 spiro atoms. The van der Waals surface area contributed by atoms with Crippen LogP contribution in [0.5, 0.6) is 0 Å². The van der Waals surface area contributed by atoms with E-state index in [1.807, 2.05) is 6.07 Å². The second kappa shape index (κ2) is 6.18. The van der Waals surface area contributed by atoms with Gasteiger partial charge >= 0.3 is 0 Å². The molecule has 1 fully saturated rings. The summed E-state index contributed by atoms with van der Waals surface area (Å²) in [5.41, 5.74) is 8.28. The van der Waals surface area contributed by atoms with Crippen molar-refractivity contribution < 1.29 is 0 Å². The van der Waals surface area contributed by atoms with Gasteiger partial charge in [-0.25, -0.2) is 0 Å². The van der Waals surface area contributed by atoms with E-state index in [4.69, 9.17) is 17.3 Å². The van der Waals surface area contributed by atoms with Crippen LogP contribution in [0.2, 0.25) is 5.02 Å². The van der Waals surface area contributed by atoms with Gasteiger partial charge in [0.05, 0.1) is 0 Å². The summed E-state index contributed by atoms with van der Waals surface area (Å²) < 4.78 is 0. The zero-order valence-electron chi connectivity index (χ0n) is 11.0. The third-order valence-corrected chi connectivity index (χ3v) is 4.68. The van der Waals surface area contributed by atoms with Crippen molar-refractivity contribution >= 4 is 29.1 Å². The zero-order chi connectivity index (χ0) is 13.1. The van der Waals surface area contributed by atoms with E-state index in [0.29, 0.717) is 17.0 Å². The molecule has 0 aliphatic carbocycles. The third-order valence-electron chi connectivity index (χ3n) is 3.22. The van der Waals surface area contributed by atoms with Crippen LogP contribution in [0, 0.1) is 0 Å². The summed E-state index contributed by atoms with van der Waals surface area (Å²) in [5, 5.41) is 2.14. The van der Waals surface area contributed by atoms with Gasteiger partial charge in [0.2, 0.25) is 0 Å². The second-order valence-electron chi connectivity index (χ2n) is 4.97. The van der Waals surface area contributed by atoms with Crippen LogP contribution in [-0.2, 0) is 6.42 Å². The highest BCUT2D eigenvalue weighted by Gasteiger charge is 2.23. The Morgan fingerprint density at radius 2 is 2.00 bits per heavy atom. The summed E-state index contributed by atoms with van der Waals surface area (Å²) in [4.78, 5) is 2.46. The van der Waals surface area contributed by atoms with Crippen LogP contribution < -0.4 is 10.6 Å². The van der Waals surface area contributed by atoms with Crippen molar-refractivity contribution in [3.05, 3.63) is 28.8 Å². The van der Waals surface area contributed by atoms with Crippen LogP contribution in [0.3, 0.4) is 0 Å². The lowest BCUT2D eigenvalue weighted by atomic mass is 10.1. The van der Waals surface area contributed by atoms with Gasteiger partial charge in [0.25, 0.3) is 0 Å². The molecule has 4 heteroatoms. The van der Waals surface area contributed by atoms with Gasteiger partial charge in [-0.3, -0.25) is 0 Å². The lowest BCUT2D eigenvalue weighted by Gasteiger charge is -2.37. The molecule has 0 aromatic heterocycles. The van der Waals surface area contributed by atoms with Crippen molar-refractivity contribution in [3.63, 3.8) is 0 Å². The van der Waals surface area contributed by atoms with Gasteiger partial charge in [-0.05, 0) is 30.7 Å². The van der Waals surface area contributed by atoms with Gasteiger partial charge < -0.3 is 10.6 Å². The normalized spacial score (nSPS) is 24.3. The average molecular weight is 285 g/mol. The van der Waals surface area contributed by atoms with Crippen molar-refractivity contribution in [1.82, 2.24) is 0 Å². The Kier molecular flexibility index (Phi) is 4.82. The first-order valence-corrected chi connectivity index (χ1v) is 7.81. The predicted molar refractivity (Wildman–Crippen MR) is 82.9 cm³/mol. The van der Waals surface area contributed by atoms with Crippen LogP contribution >= 0.6 is 23.4 Å². The molecule has 18 heavy (non-hydrogen) atoms. The van der Waals surface area contributed by atoms with Crippen LogP contribution in [0.15, 0.2) is 18.2 Å². The SMILES string of the molecule is CC1CN(c2cc(Cl)ccc2CCN)CC(C)S1. The van der Waals surface area contributed by atoms with Crippen molar-refractivity contribution in [1.29, 1.82) is 0 Å². The average Bonchev–Trinajstić information content (AvgIpc) is 2.30. The van der Waals surface area contributed by atoms with Gasteiger partial charge in [0, 0.05) is 34.3 Å². The number of nitrogens with two attached hydrogens (primary N) is 1. The molecule has 1 heterocycles. The molecule has 1 aliphatic rings. The predicted octanol–water partition coefficient (Wildman–Crippen LogP) is 3.17. The molecular formula is C14H21ClN2S. The molecule has 0 bridgehead atoms. The summed E-state index contributed by atoms with van der Waals surface area (Å²) in [7, 11) is 0. The summed E-state index contributed by atoms with van der Waals surface area (Å²) in [6.45, 7) is 7.45. The van der Waals surface area contributed by atoms with Crippen molar-refractivity contribution in [3.8, 4) is 0 Å². The molecule has 100 valence electrons. The Morgan fingerprint density at radius 3 is 2.61 bits per heavy atom. The third kappa shape index (κ3) is 3.34. The van der Waals surface area contributed by atoms with E-state index in [2.05, 4.69) is 42.6 Å². The first kappa shape index (κ1) is 14.0. The topological polar surface area (TPSA) is 29.3 Å². The fraction of sp³-hybridized carbons (Fsp3) is 0.571. The molecule has 2 N–H and O–H groups in total. The molecule has 2 atom stereocenters. The quantitative estimate of drug-likeness (QED) is 0.924. The lowest BCUT2D eigenvalue weighted by molar-refractivity contribution is 0.723. The first-order chi connectivity index (χ1) is 8.60. The van der Waals surface area contributed by atoms with E-state index >= 15 is 0 Å². The summed E-state index contributed by atoms with van der Waals surface area (Å²) in [6.07, 6.45) is 0.916. The number of anilines is 1. The molecule has 1 aliphatic heterocycles. The Labute approximate surface area is 119 Å². The highest BCUT2D eigenvalue weighted by molar-refractivity contribution is 8.00. The second-order valence-corrected chi connectivity index (χ2v) is 7.29. The number of hydrogen-bond donors (Lipinski definition) is 1. The Balaban J connectivity index is 2.27. The summed E-state index contributed by atoms with van der Waals surface area (Å²) in [5.74, 6) is 0. The maximum atomic E-state index is 6.15. The molecule has 1 aromatic carbocycles. The van der Waals surface area contributed by atoms with E-state index < -0.39 is 0 Å². The van der Waals surface area contributed by atoms with E-state index in [1.54, 1.807) is 0 Å². The number of thioether (sulfide) groups is 1. The lowest BCUT2D eigenvalue weighted by Crippen LogP contribution is -2.41. The molecule has 0 amide bonds. The first-order valence-electron chi connectivity index (χ1n) is 6.49. The molecular weight excluding hydrogens is 264 g/mol. The monoisotopic (exact) mass is 284 g/mol. The highest BCUT2D eigenvalue weighted by Crippen LogP contribution is 2.32. The standard InChI is InChI=1S/C14H21ClN2S/c1-10-8-17(9-11(2)18-10)14-7-13(15)4-3-12(14)5-6-16/h3-4,7,10-11H,5-6,8-9,16H2,1-2H3. The van der Waals surface area contributed by atoms with Gasteiger partial charge in [0.1, 0.15) is 0 Å². The van der Waals surface area contributed by atoms with Gasteiger partial charge in [-0.15, -0.1) is 0 Å². The fourth-order valence-corrected chi connectivity index (χ4v) is 4.06. The molecule has 0 saturated carbocycles. The highest BCUT2D eigenvalue weighted by atomic mass is 35.5. The van der Waals surface area contributed by atoms with E-state index in [1.165, 1.54) is 11.3 Å². The minimum absolute atomic E-state index is 0.665. The van der Waals surface area contributed by atoms with Crippen molar-refractivity contribution in [2.45, 2.75) is 30.8 Å². The summed E-state index contributed by atoms with van der Waals surface area (Å²) in [6, 6.07) is 6.16. The molecule has 2 nitrogen and oxygen atoms in total. The van der Waals surface area contributed by atoms with E-state index in [9.17, 15) is 0 Å². The van der Waals surface area contributed by atoms with E-state index in [0.717, 1.165) is 24.5 Å². The van der Waals surface area contributed by atoms with E-state index in [-0.39, 0.29) is 0 Å². The number of rotatable bonds is 3. The molecule has 1 aromatic rings. The smallest absolute Gasteiger partial charge is 0.0426 e. The number of benzene rings is 1. The van der Waals surface area contributed by atoms with Gasteiger partial charge in [0.15, 0.2) is 0 Å². The minimum atomic E-state index is 0.665. The Hall–Kier alpha value is -0.380. The van der Waals surface area contributed by atoms with Gasteiger partial charge in [-0.1, -0.05) is 31.5 Å². The van der Waals surface area contributed by atoms with Crippen molar-refractivity contribution in [2.75, 3.05) is 24.5 Å². The van der Waals surface area contributed by atoms with Crippen LogP contribution in [0.1, 0.15) is 19.4 Å². The van der Waals surface area contributed by atoms with Gasteiger partial charge in [-0.2, -0.15) is 11.8 Å². The fourth-order valence-electron chi connectivity index (χ4n) is 2.57.